The van der Waals surface area contributed by atoms with Gasteiger partial charge in [-0.05, 0) is 161 Å². The topological polar surface area (TPSA) is 56.7 Å². The van der Waals surface area contributed by atoms with Crippen molar-refractivity contribution in [3.63, 3.8) is 0 Å². The highest BCUT2D eigenvalue weighted by Crippen LogP contribution is 2.40. The maximum atomic E-state index is 5.18. The molecule has 0 saturated carbocycles. The Morgan fingerprint density at radius 2 is 0.463 bits per heavy atom. The average molecular weight is 1050 g/mol. The van der Waals surface area contributed by atoms with Crippen LogP contribution in [0.4, 0.5) is 17.1 Å². The van der Waals surface area contributed by atoms with E-state index >= 15 is 0 Å². The minimum absolute atomic E-state index is 0.904. The van der Waals surface area contributed by atoms with E-state index < -0.39 is 0 Å². The molecular formula is C75H51N7. The smallest absolute Gasteiger partial charge is 0.145 e. The molecule has 0 bridgehead atoms. The second-order valence-electron chi connectivity index (χ2n) is 20.5. The molecule has 0 amide bonds. The Morgan fingerprint density at radius 1 is 0.207 bits per heavy atom. The summed E-state index contributed by atoms with van der Waals surface area (Å²) in [5.74, 6) is 2.71. The molecule has 3 heterocycles. The minimum Gasteiger partial charge on any atom is -0.311 e. The van der Waals surface area contributed by atoms with Crippen LogP contribution in [0.15, 0.2) is 309 Å². The first-order valence-corrected chi connectivity index (χ1v) is 27.7. The molecule has 7 heteroatoms. The fourth-order valence-corrected chi connectivity index (χ4v) is 11.5. The highest BCUT2D eigenvalue weighted by atomic mass is 15.1. The van der Waals surface area contributed by atoms with Crippen molar-refractivity contribution >= 4 is 50.2 Å². The van der Waals surface area contributed by atoms with Crippen LogP contribution < -0.4 is 4.90 Å². The molecule has 0 N–H and O–H groups in total. The zero-order chi connectivity index (χ0) is 54.3. The molecule has 386 valence electrons. The summed E-state index contributed by atoms with van der Waals surface area (Å²) in [6, 6.07) is 109. The molecule has 12 aromatic carbocycles. The Labute approximate surface area is 475 Å². The average Bonchev–Trinajstić information content (AvgIpc) is 4.47. The summed E-state index contributed by atoms with van der Waals surface area (Å²) in [5.41, 5.74) is 22.2. The fourth-order valence-electron chi connectivity index (χ4n) is 11.5. The van der Waals surface area contributed by atoms with Gasteiger partial charge in [-0.1, -0.05) is 182 Å². The van der Waals surface area contributed by atoms with Crippen LogP contribution >= 0.6 is 0 Å². The quantitative estimate of drug-likeness (QED) is 0.122. The molecule has 0 aliphatic heterocycles. The molecule has 15 aromatic rings. The number of hydrogen-bond donors (Lipinski definition) is 0. The zero-order valence-electron chi connectivity index (χ0n) is 44.6. The minimum atomic E-state index is 0.904. The lowest BCUT2D eigenvalue weighted by Gasteiger charge is -2.26. The van der Waals surface area contributed by atoms with Crippen LogP contribution in [0.3, 0.4) is 0 Å². The van der Waals surface area contributed by atoms with E-state index in [2.05, 4.69) is 310 Å². The van der Waals surface area contributed by atoms with Crippen LogP contribution in [0, 0.1) is 0 Å². The SMILES string of the molecule is c1ccc(-n2c(-c3cccc(-c4ccc(N(c5ccc(-c6cccc(-c7nc8ccccc8n7-c7ccccc7)c6)cc5)c5ccc(-c6cccc(-c7nc8ccccc8n7-c7ccccc7)c6)cc5)cc4)c3)nc3ccccc32)cc1. The molecule has 0 spiro atoms. The van der Waals surface area contributed by atoms with Crippen LogP contribution in [-0.4, -0.2) is 28.7 Å². The first-order valence-electron chi connectivity index (χ1n) is 27.7. The predicted octanol–water partition coefficient (Wildman–Crippen LogP) is 19.2. The lowest BCUT2D eigenvalue weighted by Crippen LogP contribution is -2.09. The number of imidazole rings is 3. The van der Waals surface area contributed by atoms with E-state index in [-0.39, 0.29) is 0 Å². The second-order valence-corrected chi connectivity index (χ2v) is 20.5. The number of fused-ring (bicyclic) bond motifs is 3. The third-order valence-corrected chi connectivity index (χ3v) is 15.5. The molecule has 7 nitrogen and oxygen atoms in total. The molecule has 82 heavy (non-hydrogen) atoms. The van der Waals surface area contributed by atoms with Crippen LogP contribution in [-0.2, 0) is 0 Å². The number of para-hydroxylation sites is 9. The van der Waals surface area contributed by atoms with Gasteiger partial charge in [-0.15, -0.1) is 0 Å². The van der Waals surface area contributed by atoms with Crippen molar-refractivity contribution < 1.29 is 0 Å². The van der Waals surface area contributed by atoms with Crippen LogP contribution in [0.1, 0.15) is 0 Å². The van der Waals surface area contributed by atoms with Crippen molar-refractivity contribution in [3.05, 3.63) is 309 Å². The van der Waals surface area contributed by atoms with E-state index in [0.717, 1.165) is 135 Å². The van der Waals surface area contributed by atoms with Crippen LogP contribution in [0.2, 0.25) is 0 Å². The standard InChI is InChI=1S/C75H51N7/c1-4-25-61(26-5-1)80-70-34-13-10-31-67(70)76-73(80)58-22-16-19-55(49-58)52-37-43-64(44-38-52)79(65-45-39-53(40-46-65)56-20-17-23-59(50-56)74-77-68-32-11-14-35-71(68)81(74)62-27-6-2-7-28-62)66-47-41-54(42-48-66)57-21-18-24-60(51-57)75-78-69-33-12-15-36-72(69)82(75)63-29-8-3-9-30-63/h1-51H. The summed E-state index contributed by atoms with van der Waals surface area (Å²) in [6.07, 6.45) is 0. The molecule has 0 aliphatic carbocycles. The van der Waals surface area contributed by atoms with Crippen molar-refractivity contribution in [2.24, 2.45) is 0 Å². The molecule has 15 rings (SSSR count). The van der Waals surface area contributed by atoms with Gasteiger partial charge in [-0.25, -0.2) is 15.0 Å². The van der Waals surface area contributed by atoms with Crippen LogP contribution in [0.25, 0.3) is 118 Å². The van der Waals surface area contributed by atoms with Gasteiger partial charge < -0.3 is 4.90 Å². The van der Waals surface area contributed by atoms with E-state index in [9.17, 15) is 0 Å². The van der Waals surface area contributed by atoms with Gasteiger partial charge in [-0.2, -0.15) is 0 Å². The summed E-state index contributed by atoms with van der Waals surface area (Å²) in [6.45, 7) is 0. The lowest BCUT2D eigenvalue weighted by molar-refractivity contribution is 1.10. The Hall–Kier alpha value is -11.2. The molecule has 0 fully saturated rings. The van der Waals surface area contributed by atoms with Crippen molar-refractivity contribution in [1.82, 2.24) is 28.7 Å². The third-order valence-electron chi connectivity index (χ3n) is 15.5. The molecule has 0 radical (unpaired) electrons. The predicted molar refractivity (Wildman–Crippen MR) is 338 cm³/mol. The van der Waals surface area contributed by atoms with Crippen molar-refractivity contribution in [2.45, 2.75) is 0 Å². The molecule has 0 atom stereocenters. The van der Waals surface area contributed by atoms with Gasteiger partial charge in [0.05, 0.1) is 33.1 Å². The number of nitrogens with zero attached hydrogens (tertiary/aromatic N) is 7. The first-order chi connectivity index (χ1) is 40.6. The number of hydrogen-bond acceptors (Lipinski definition) is 4. The monoisotopic (exact) mass is 1050 g/mol. The van der Waals surface area contributed by atoms with Crippen molar-refractivity contribution in [2.75, 3.05) is 4.90 Å². The van der Waals surface area contributed by atoms with Crippen molar-refractivity contribution in [1.29, 1.82) is 0 Å². The Balaban J connectivity index is 0.790. The number of anilines is 3. The Morgan fingerprint density at radius 3 is 0.756 bits per heavy atom. The molecular weight excluding hydrogens is 999 g/mol. The summed E-state index contributed by atoms with van der Waals surface area (Å²) in [5, 5.41) is 0. The summed E-state index contributed by atoms with van der Waals surface area (Å²) in [7, 11) is 0. The molecule has 0 aliphatic rings. The van der Waals surface area contributed by atoms with Gasteiger partial charge in [0.2, 0.25) is 0 Å². The maximum absolute atomic E-state index is 5.18. The normalized spacial score (nSPS) is 11.4. The van der Waals surface area contributed by atoms with Gasteiger partial charge in [0.1, 0.15) is 17.5 Å². The summed E-state index contributed by atoms with van der Waals surface area (Å²) in [4.78, 5) is 17.9. The van der Waals surface area contributed by atoms with E-state index in [1.165, 1.54) is 0 Å². The third kappa shape index (κ3) is 8.79. The fraction of sp³-hybridized carbons (Fsp3) is 0. The van der Waals surface area contributed by atoms with Crippen molar-refractivity contribution in [3.8, 4) is 84.6 Å². The largest absolute Gasteiger partial charge is 0.311 e. The second kappa shape index (κ2) is 20.6. The van der Waals surface area contributed by atoms with E-state index in [0.29, 0.717) is 0 Å². The summed E-state index contributed by atoms with van der Waals surface area (Å²) >= 11 is 0. The number of benzene rings is 12. The highest BCUT2D eigenvalue weighted by molar-refractivity contribution is 5.88. The maximum Gasteiger partial charge on any atom is 0.145 e. The van der Waals surface area contributed by atoms with Gasteiger partial charge in [0.15, 0.2) is 0 Å². The van der Waals surface area contributed by atoms with E-state index in [1.807, 2.05) is 18.2 Å². The molecule has 3 aromatic heterocycles. The van der Waals surface area contributed by atoms with Gasteiger partial charge in [-0.3, -0.25) is 13.7 Å². The molecule has 0 saturated heterocycles. The Kier molecular flexibility index (Phi) is 12.0. The van der Waals surface area contributed by atoms with E-state index in [4.69, 9.17) is 15.0 Å². The van der Waals surface area contributed by atoms with Gasteiger partial charge in [0, 0.05) is 50.8 Å². The zero-order valence-corrected chi connectivity index (χ0v) is 44.6. The Bertz CT molecular complexity index is 4280. The lowest BCUT2D eigenvalue weighted by atomic mass is 10.0. The molecule has 0 unspecified atom stereocenters. The van der Waals surface area contributed by atoms with E-state index in [1.54, 1.807) is 0 Å². The summed E-state index contributed by atoms with van der Waals surface area (Å²) < 4.78 is 6.77. The highest BCUT2D eigenvalue weighted by Gasteiger charge is 2.20. The van der Waals surface area contributed by atoms with Gasteiger partial charge >= 0.3 is 0 Å². The number of rotatable bonds is 12. The first kappa shape index (κ1) is 48.0. The van der Waals surface area contributed by atoms with Crippen LogP contribution in [0.5, 0.6) is 0 Å². The van der Waals surface area contributed by atoms with Gasteiger partial charge in [0.25, 0.3) is 0 Å². The number of aromatic nitrogens is 6.